The molecule has 0 aliphatic rings. The fourth-order valence-electron chi connectivity index (χ4n) is 1.93. The summed E-state index contributed by atoms with van der Waals surface area (Å²) in [6, 6.07) is 9.95. The number of ether oxygens (including phenoxy) is 1. The highest BCUT2D eigenvalue weighted by Gasteiger charge is 2.12. The zero-order valence-corrected chi connectivity index (χ0v) is 12.3. The van der Waals surface area contributed by atoms with Crippen LogP contribution in [0.4, 0.5) is 5.69 Å². The zero-order valence-electron chi connectivity index (χ0n) is 10.8. The lowest BCUT2D eigenvalue weighted by Gasteiger charge is -2.09. The van der Waals surface area contributed by atoms with E-state index in [1.807, 2.05) is 0 Å². The number of halogens is 2. The molecule has 104 valence electrons. The van der Waals surface area contributed by atoms with E-state index in [0.29, 0.717) is 27.0 Å². The van der Waals surface area contributed by atoms with Crippen molar-refractivity contribution in [2.75, 3.05) is 12.8 Å². The van der Waals surface area contributed by atoms with E-state index in [-0.39, 0.29) is 12.2 Å². The van der Waals surface area contributed by atoms with Gasteiger partial charge >= 0.3 is 0 Å². The number of nitrogens with two attached hydrogens (primary N) is 1. The first-order chi connectivity index (χ1) is 9.49. The van der Waals surface area contributed by atoms with Crippen LogP contribution in [0.3, 0.4) is 0 Å². The number of benzene rings is 2. The van der Waals surface area contributed by atoms with Gasteiger partial charge in [0.2, 0.25) is 0 Å². The second-order valence-corrected chi connectivity index (χ2v) is 5.20. The number of carbonyl (C=O) groups excluding carboxylic acids is 1. The lowest BCUT2D eigenvalue weighted by Crippen LogP contribution is -2.06. The number of anilines is 1. The largest absolute Gasteiger partial charge is 0.496 e. The Kier molecular flexibility index (Phi) is 4.53. The van der Waals surface area contributed by atoms with E-state index in [0.717, 1.165) is 5.56 Å². The van der Waals surface area contributed by atoms with Gasteiger partial charge in [0.05, 0.1) is 7.11 Å². The summed E-state index contributed by atoms with van der Waals surface area (Å²) in [6.45, 7) is 0. The maximum atomic E-state index is 12.3. The van der Waals surface area contributed by atoms with Gasteiger partial charge in [0.1, 0.15) is 5.75 Å². The molecule has 0 heterocycles. The highest BCUT2D eigenvalue weighted by molar-refractivity contribution is 6.31. The standard InChI is InChI=1S/C15H13Cl2NO2/c1-20-15-3-2-11(16)5-10(15)7-14(19)9-4-12(17)8-13(18)6-9/h2-6,8H,7,18H2,1H3. The zero-order chi connectivity index (χ0) is 14.7. The van der Waals surface area contributed by atoms with Gasteiger partial charge in [-0.15, -0.1) is 0 Å². The van der Waals surface area contributed by atoms with Gasteiger partial charge in [-0.05, 0) is 36.4 Å². The Labute approximate surface area is 127 Å². The third-order valence-corrected chi connectivity index (χ3v) is 3.29. The number of nitrogen functional groups attached to an aromatic ring is 1. The van der Waals surface area contributed by atoms with E-state index in [1.54, 1.807) is 43.5 Å². The lowest BCUT2D eigenvalue weighted by atomic mass is 10.0. The molecule has 0 atom stereocenters. The Morgan fingerprint density at radius 1 is 1.15 bits per heavy atom. The van der Waals surface area contributed by atoms with Gasteiger partial charge in [-0.1, -0.05) is 23.2 Å². The van der Waals surface area contributed by atoms with Crippen molar-refractivity contribution in [2.45, 2.75) is 6.42 Å². The summed E-state index contributed by atoms with van der Waals surface area (Å²) in [5.74, 6) is 0.525. The second kappa shape index (κ2) is 6.16. The molecule has 0 saturated carbocycles. The Bertz CT molecular complexity index is 636. The minimum Gasteiger partial charge on any atom is -0.496 e. The first-order valence-electron chi connectivity index (χ1n) is 5.91. The molecular formula is C15H13Cl2NO2. The highest BCUT2D eigenvalue weighted by atomic mass is 35.5. The molecule has 2 aromatic rings. The molecule has 2 N–H and O–H groups in total. The van der Waals surface area contributed by atoms with Crippen LogP contribution in [0.5, 0.6) is 5.75 Å². The van der Waals surface area contributed by atoms with Crippen LogP contribution in [-0.2, 0) is 6.42 Å². The topological polar surface area (TPSA) is 52.3 Å². The molecule has 0 radical (unpaired) electrons. The summed E-state index contributed by atoms with van der Waals surface area (Å²) in [7, 11) is 1.55. The number of carbonyl (C=O) groups is 1. The van der Waals surface area contributed by atoms with E-state index >= 15 is 0 Å². The molecule has 0 amide bonds. The third-order valence-electron chi connectivity index (χ3n) is 2.84. The number of rotatable bonds is 4. The first kappa shape index (κ1) is 14.7. The molecule has 5 heteroatoms. The van der Waals surface area contributed by atoms with Crippen LogP contribution in [-0.4, -0.2) is 12.9 Å². The molecule has 0 fully saturated rings. The third kappa shape index (κ3) is 3.44. The molecule has 0 spiro atoms. The molecule has 0 bridgehead atoms. The van der Waals surface area contributed by atoms with Gasteiger partial charge in [0, 0.05) is 33.3 Å². The Balaban J connectivity index is 2.29. The van der Waals surface area contributed by atoms with E-state index in [1.165, 1.54) is 0 Å². The molecule has 20 heavy (non-hydrogen) atoms. The van der Waals surface area contributed by atoms with Crippen LogP contribution >= 0.6 is 23.2 Å². The molecule has 2 aromatic carbocycles. The van der Waals surface area contributed by atoms with Crippen LogP contribution in [0, 0.1) is 0 Å². The number of hydrogen-bond acceptors (Lipinski definition) is 3. The van der Waals surface area contributed by atoms with Crippen molar-refractivity contribution in [3.8, 4) is 5.75 Å². The first-order valence-corrected chi connectivity index (χ1v) is 6.67. The van der Waals surface area contributed by atoms with E-state index in [9.17, 15) is 4.79 Å². The van der Waals surface area contributed by atoms with Crippen molar-refractivity contribution < 1.29 is 9.53 Å². The van der Waals surface area contributed by atoms with Gasteiger partial charge in [-0.2, -0.15) is 0 Å². The normalized spacial score (nSPS) is 10.3. The van der Waals surface area contributed by atoms with E-state index in [2.05, 4.69) is 0 Å². The van der Waals surface area contributed by atoms with Crippen molar-refractivity contribution in [1.82, 2.24) is 0 Å². The number of Topliss-reactive ketones (excluding diaryl/α,β-unsaturated/α-hetero) is 1. The maximum absolute atomic E-state index is 12.3. The molecule has 2 rings (SSSR count). The number of methoxy groups -OCH3 is 1. The van der Waals surface area contributed by atoms with Crippen LogP contribution in [0.1, 0.15) is 15.9 Å². The fraction of sp³-hybridized carbons (Fsp3) is 0.133. The van der Waals surface area contributed by atoms with E-state index < -0.39 is 0 Å². The van der Waals surface area contributed by atoms with Gasteiger partial charge < -0.3 is 10.5 Å². The summed E-state index contributed by atoms with van der Waals surface area (Å²) in [5, 5.41) is 0.991. The summed E-state index contributed by atoms with van der Waals surface area (Å²) >= 11 is 11.8. The highest BCUT2D eigenvalue weighted by Crippen LogP contribution is 2.25. The summed E-state index contributed by atoms with van der Waals surface area (Å²) in [5.41, 5.74) is 7.34. The van der Waals surface area contributed by atoms with Crippen molar-refractivity contribution in [3.63, 3.8) is 0 Å². The number of hydrogen-bond donors (Lipinski definition) is 1. The molecule has 0 aliphatic carbocycles. The van der Waals surface area contributed by atoms with Gasteiger partial charge in [0.15, 0.2) is 5.78 Å². The minimum absolute atomic E-state index is 0.0974. The maximum Gasteiger partial charge on any atom is 0.167 e. The molecule has 0 aromatic heterocycles. The van der Waals surface area contributed by atoms with Crippen LogP contribution in [0.2, 0.25) is 10.0 Å². The second-order valence-electron chi connectivity index (χ2n) is 4.33. The summed E-state index contributed by atoms with van der Waals surface area (Å²) in [4.78, 5) is 12.3. The summed E-state index contributed by atoms with van der Waals surface area (Å²) < 4.78 is 5.22. The quantitative estimate of drug-likeness (QED) is 0.686. The van der Waals surface area contributed by atoms with Crippen LogP contribution < -0.4 is 10.5 Å². The van der Waals surface area contributed by atoms with Gasteiger partial charge in [0.25, 0.3) is 0 Å². The smallest absolute Gasteiger partial charge is 0.167 e. The van der Waals surface area contributed by atoms with Crippen molar-refractivity contribution in [1.29, 1.82) is 0 Å². The molecule has 0 aliphatic heterocycles. The molecule has 3 nitrogen and oxygen atoms in total. The van der Waals surface area contributed by atoms with Crippen molar-refractivity contribution in [2.24, 2.45) is 0 Å². The Morgan fingerprint density at radius 3 is 2.55 bits per heavy atom. The minimum atomic E-state index is -0.0974. The number of ketones is 1. The van der Waals surface area contributed by atoms with Crippen molar-refractivity contribution in [3.05, 3.63) is 57.6 Å². The predicted molar refractivity (Wildman–Crippen MR) is 81.9 cm³/mol. The SMILES string of the molecule is COc1ccc(Cl)cc1CC(=O)c1cc(N)cc(Cl)c1. The summed E-state index contributed by atoms with van der Waals surface area (Å²) in [6.07, 6.45) is 0.170. The average Bonchev–Trinajstić information content (AvgIpc) is 2.37. The molecular weight excluding hydrogens is 297 g/mol. The predicted octanol–water partition coefficient (Wildman–Crippen LogP) is 4.01. The van der Waals surface area contributed by atoms with E-state index in [4.69, 9.17) is 33.7 Å². The monoisotopic (exact) mass is 309 g/mol. The lowest BCUT2D eigenvalue weighted by molar-refractivity contribution is 0.0992. The Hall–Kier alpha value is -1.71. The Morgan fingerprint density at radius 2 is 1.90 bits per heavy atom. The van der Waals surface area contributed by atoms with Gasteiger partial charge in [-0.3, -0.25) is 4.79 Å². The fourth-order valence-corrected chi connectivity index (χ4v) is 2.37. The molecule has 0 unspecified atom stereocenters. The average molecular weight is 310 g/mol. The van der Waals surface area contributed by atoms with Crippen LogP contribution in [0.25, 0.3) is 0 Å². The van der Waals surface area contributed by atoms with Crippen molar-refractivity contribution >= 4 is 34.7 Å². The molecule has 0 saturated heterocycles. The van der Waals surface area contributed by atoms with Crippen LogP contribution in [0.15, 0.2) is 36.4 Å². The van der Waals surface area contributed by atoms with Gasteiger partial charge in [-0.25, -0.2) is 0 Å².